The zero-order valence-electron chi connectivity index (χ0n) is 21.2. The number of sulfone groups is 1. The molecule has 10 nitrogen and oxygen atoms in total. The molecule has 1 aliphatic rings. The normalized spacial score (nSPS) is 19.2. The monoisotopic (exact) mass is 533 g/mol. The van der Waals surface area contributed by atoms with Crippen molar-refractivity contribution in [3.8, 4) is 5.75 Å². The molecule has 0 radical (unpaired) electrons. The lowest BCUT2D eigenvalue weighted by molar-refractivity contribution is -0.129. The van der Waals surface area contributed by atoms with Crippen LogP contribution in [0.1, 0.15) is 31.7 Å². The largest absolute Gasteiger partial charge is 0.494 e. The van der Waals surface area contributed by atoms with Crippen molar-refractivity contribution in [3.05, 3.63) is 60.2 Å². The summed E-state index contributed by atoms with van der Waals surface area (Å²) >= 11 is 0. The lowest BCUT2D eigenvalue weighted by Crippen LogP contribution is -2.55. The van der Waals surface area contributed by atoms with E-state index in [1.54, 1.807) is 56.5 Å². The molecule has 3 N–H and O–H groups in total. The number of hydrogen-bond donors (Lipinski definition) is 3. The Labute approximate surface area is 217 Å². The van der Waals surface area contributed by atoms with Gasteiger partial charge in [-0.2, -0.15) is 0 Å². The summed E-state index contributed by atoms with van der Waals surface area (Å²) in [6.45, 7) is 3.15. The molecule has 0 unspecified atom stereocenters. The number of ether oxygens (including phenoxy) is 3. The standard InChI is InChI=1S/C26H35N3O7S/c1-20-26(25(31)29-27-15-6-17-34-2,14-19-37(32,33)23-8-4-3-5-9-23)28-24(36-20)21-10-12-22(13-11-21)35-18-7-16-30/h3-5,8-13,20,27,30H,6-7,14-19H2,1-2H3,(H,29,31)/t20-,26-/m0/s1. The number of aliphatic imine (C=N–C) groups is 1. The zero-order chi connectivity index (χ0) is 26.7. The first-order chi connectivity index (χ1) is 17.8. The average Bonchev–Trinajstić information content (AvgIpc) is 3.25. The van der Waals surface area contributed by atoms with Crippen LogP contribution in [0.15, 0.2) is 64.5 Å². The van der Waals surface area contributed by atoms with Gasteiger partial charge in [0.05, 0.1) is 17.3 Å². The van der Waals surface area contributed by atoms with E-state index in [0.29, 0.717) is 43.9 Å². The van der Waals surface area contributed by atoms with Gasteiger partial charge in [0.25, 0.3) is 5.91 Å². The minimum Gasteiger partial charge on any atom is -0.494 e. The summed E-state index contributed by atoms with van der Waals surface area (Å²) in [5.74, 6) is 0.124. The number of nitrogens with one attached hydrogen (secondary N) is 2. The molecule has 37 heavy (non-hydrogen) atoms. The molecular formula is C26H35N3O7S. The van der Waals surface area contributed by atoms with E-state index >= 15 is 0 Å². The highest BCUT2D eigenvalue weighted by molar-refractivity contribution is 7.91. The minimum atomic E-state index is -3.65. The molecule has 0 saturated carbocycles. The number of amides is 1. The number of rotatable bonds is 15. The van der Waals surface area contributed by atoms with Gasteiger partial charge in [0.15, 0.2) is 15.4 Å². The molecule has 2 aromatic rings. The predicted octanol–water partition coefficient (Wildman–Crippen LogP) is 1.87. The highest BCUT2D eigenvalue weighted by atomic mass is 32.2. The molecular weight excluding hydrogens is 498 g/mol. The first-order valence-electron chi connectivity index (χ1n) is 12.2. The fourth-order valence-corrected chi connectivity index (χ4v) is 5.23. The first kappa shape index (κ1) is 28.6. The summed E-state index contributed by atoms with van der Waals surface area (Å²) in [7, 11) is -2.05. The molecule has 11 heteroatoms. The summed E-state index contributed by atoms with van der Waals surface area (Å²) in [4.78, 5) is 18.3. The van der Waals surface area contributed by atoms with Crippen LogP contribution in [0.3, 0.4) is 0 Å². The maximum Gasteiger partial charge on any atom is 0.266 e. The van der Waals surface area contributed by atoms with Gasteiger partial charge in [-0.25, -0.2) is 18.8 Å². The smallest absolute Gasteiger partial charge is 0.266 e. The summed E-state index contributed by atoms with van der Waals surface area (Å²) in [5.41, 5.74) is 4.72. The van der Waals surface area contributed by atoms with Crippen molar-refractivity contribution in [2.24, 2.45) is 4.99 Å². The van der Waals surface area contributed by atoms with Gasteiger partial charge in [0, 0.05) is 38.9 Å². The van der Waals surface area contributed by atoms with E-state index in [4.69, 9.17) is 19.3 Å². The molecule has 0 spiro atoms. The third kappa shape index (κ3) is 7.51. The molecule has 0 aliphatic carbocycles. The van der Waals surface area contributed by atoms with E-state index in [0.717, 1.165) is 0 Å². The third-order valence-corrected chi connectivity index (χ3v) is 7.77. The van der Waals surface area contributed by atoms with E-state index in [1.165, 1.54) is 12.1 Å². The zero-order valence-corrected chi connectivity index (χ0v) is 22.0. The van der Waals surface area contributed by atoms with Crippen molar-refractivity contribution < 1.29 is 32.5 Å². The number of carbonyl (C=O) groups is 1. The minimum absolute atomic E-state index is 0.0476. The van der Waals surface area contributed by atoms with Crippen LogP contribution in [0, 0.1) is 0 Å². The Balaban J connectivity index is 1.82. The third-order valence-electron chi connectivity index (χ3n) is 6.03. The number of aliphatic hydroxyl groups excluding tert-OH is 1. The second kappa shape index (κ2) is 13.5. The number of benzene rings is 2. The lowest BCUT2D eigenvalue weighted by Gasteiger charge is -2.28. The predicted molar refractivity (Wildman–Crippen MR) is 139 cm³/mol. The molecule has 0 fully saturated rings. The number of carbonyl (C=O) groups excluding carboxylic acids is 1. The Hall–Kier alpha value is -2.99. The van der Waals surface area contributed by atoms with Gasteiger partial charge in [-0.1, -0.05) is 18.2 Å². The fraction of sp³-hybridized carbons (Fsp3) is 0.462. The van der Waals surface area contributed by atoms with E-state index in [2.05, 4.69) is 15.8 Å². The van der Waals surface area contributed by atoms with Gasteiger partial charge >= 0.3 is 0 Å². The molecule has 0 bridgehead atoms. The van der Waals surface area contributed by atoms with Gasteiger partial charge in [-0.15, -0.1) is 0 Å². The van der Waals surface area contributed by atoms with E-state index in [9.17, 15) is 13.2 Å². The highest BCUT2D eigenvalue weighted by Gasteiger charge is 2.50. The maximum absolute atomic E-state index is 13.4. The Morgan fingerprint density at radius 1 is 1.11 bits per heavy atom. The van der Waals surface area contributed by atoms with E-state index in [1.807, 2.05) is 0 Å². The summed E-state index contributed by atoms with van der Waals surface area (Å²) in [5, 5.41) is 8.91. The molecule has 3 rings (SSSR count). The molecule has 0 saturated heterocycles. The van der Waals surface area contributed by atoms with Crippen molar-refractivity contribution in [2.45, 2.75) is 42.7 Å². The van der Waals surface area contributed by atoms with Crippen molar-refractivity contribution in [3.63, 3.8) is 0 Å². The maximum atomic E-state index is 13.4. The molecule has 2 atom stereocenters. The lowest BCUT2D eigenvalue weighted by atomic mass is 9.90. The van der Waals surface area contributed by atoms with Crippen molar-refractivity contribution in [1.82, 2.24) is 10.9 Å². The number of hydrogen-bond acceptors (Lipinski definition) is 9. The number of aliphatic hydroxyl groups is 1. The summed E-state index contributed by atoms with van der Waals surface area (Å²) < 4.78 is 42.6. The van der Waals surface area contributed by atoms with Gasteiger partial charge in [-0.05, 0) is 56.2 Å². The van der Waals surface area contributed by atoms with Crippen LogP contribution in [0.5, 0.6) is 5.75 Å². The summed E-state index contributed by atoms with van der Waals surface area (Å²) in [6.07, 6.45) is 0.426. The topological polar surface area (TPSA) is 136 Å². The average molecular weight is 534 g/mol. The quantitative estimate of drug-likeness (QED) is 0.233. The van der Waals surface area contributed by atoms with Crippen LogP contribution < -0.4 is 15.6 Å². The van der Waals surface area contributed by atoms with Gasteiger partial charge in [0.2, 0.25) is 5.90 Å². The Kier molecular flexibility index (Phi) is 10.4. The molecule has 2 aromatic carbocycles. The van der Waals surface area contributed by atoms with Crippen LogP contribution in [0.4, 0.5) is 0 Å². The Bertz CT molecular complexity index is 1140. The Morgan fingerprint density at radius 2 is 1.84 bits per heavy atom. The van der Waals surface area contributed by atoms with E-state index in [-0.39, 0.29) is 29.6 Å². The SMILES string of the molecule is COCCCNNC(=O)[C@@]1(CCS(=O)(=O)c2ccccc2)N=C(c2ccc(OCCCO)cc2)O[C@H]1C. The van der Waals surface area contributed by atoms with Crippen LogP contribution >= 0.6 is 0 Å². The number of hydrazine groups is 1. The van der Waals surface area contributed by atoms with Gasteiger partial charge in [-0.3, -0.25) is 10.2 Å². The van der Waals surface area contributed by atoms with Crippen molar-refractivity contribution >= 4 is 21.6 Å². The molecule has 202 valence electrons. The molecule has 1 amide bonds. The van der Waals surface area contributed by atoms with Crippen molar-refractivity contribution in [2.75, 3.05) is 39.2 Å². The van der Waals surface area contributed by atoms with Gasteiger partial charge < -0.3 is 19.3 Å². The number of nitrogens with zero attached hydrogens (tertiary/aromatic N) is 1. The van der Waals surface area contributed by atoms with Crippen LogP contribution in [-0.4, -0.2) is 76.2 Å². The second-order valence-corrected chi connectivity index (χ2v) is 10.8. The van der Waals surface area contributed by atoms with Gasteiger partial charge in [0.1, 0.15) is 11.9 Å². The van der Waals surface area contributed by atoms with Crippen LogP contribution in [0.2, 0.25) is 0 Å². The number of methoxy groups -OCH3 is 1. The molecule has 1 aliphatic heterocycles. The first-order valence-corrected chi connectivity index (χ1v) is 13.9. The fourth-order valence-electron chi connectivity index (χ4n) is 3.84. The summed E-state index contributed by atoms with van der Waals surface area (Å²) in [6, 6.07) is 15.2. The second-order valence-electron chi connectivity index (χ2n) is 8.66. The van der Waals surface area contributed by atoms with Crippen molar-refractivity contribution in [1.29, 1.82) is 0 Å². The van der Waals surface area contributed by atoms with Crippen LogP contribution in [-0.2, 0) is 24.1 Å². The van der Waals surface area contributed by atoms with E-state index < -0.39 is 27.4 Å². The molecule has 1 heterocycles. The van der Waals surface area contributed by atoms with Crippen LogP contribution in [0.25, 0.3) is 0 Å². The Morgan fingerprint density at radius 3 is 2.51 bits per heavy atom. The molecule has 0 aromatic heterocycles. The highest BCUT2D eigenvalue weighted by Crippen LogP contribution is 2.33.